The molecular weight excluding hydrogens is 216 g/mol. The highest BCUT2D eigenvalue weighted by Gasteiger charge is 2.08. The van der Waals surface area contributed by atoms with Gasteiger partial charge in [-0.1, -0.05) is 19.1 Å². The van der Waals surface area contributed by atoms with Crippen molar-refractivity contribution in [3.8, 4) is 0 Å². The molecule has 0 amide bonds. The Kier molecular flexibility index (Phi) is 2.14. The Balaban J connectivity index is 2.45. The molecule has 80 valence electrons. The van der Waals surface area contributed by atoms with Crippen molar-refractivity contribution in [2.24, 2.45) is 0 Å². The lowest BCUT2D eigenvalue weighted by Crippen LogP contribution is -1.82. The first-order valence-corrected chi connectivity index (χ1v) is 6.24. The number of fused-ring (bicyclic) bond motifs is 3. The predicted molar refractivity (Wildman–Crippen MR) is 69.0 cm³/mol. The summed E-state index contributed by atoms with van der Waals surface area (Å²) >= 11 is 1.79. The molecule has 3 aromatic rings. The lowest BCUT2D eigenvalue weighted by atomic mass is 10.1. The van der Waals surface area contributed by atoms with E-state index < -0.39 is 0 Å². The van der Waals surface area contributed by atoms with E-state index in [1.54, 1.807) is 17.7 Å². The Bertz CT molecular complexity index is 670. The van der Waals surface area contributed by atoms with Crippen LogP contribution in [0.15, 0.2) is 24.5 Å². The van der Waals surface area contributed by atoms with E-state index in [2.05, 4.69) is 35.1 Å². The number of hydrogen-bond acceptors (Lipinski definition) is 3. The smallest absolute Gasteiger partial charge is 0.116 e. The van der Waals surface area contributed by atoms with Gasteiger partial charge in [-0.3, -0.25) is 0 Å². The fraction of sp³-hybridized carbons (Fsp3) is 0.231. The highest BCUT2D eigenvalue weighted by atomic mass is 32.1. The first-order chi connectivity index (χ1) is 7.79. The van der Waals surface area contributed by atoms with Crippen LogP contribution < -0.4 is 0 Å². The molecular formula is C13H12N2S. The molecule has 0 unspecified atom stereocenters. The molecule has 2 aromatic heterocycles. The molecule has 0 saturated heterocycles. The minimum absolute atomic E-state index is 1.07. The van der Waals surface area contributed by atoms with Crippen LogP contribution in [-0.4, -0.2) is 9.97 Å². The summed E-state index contributed by atoms with van der Waals surface area (Å²) < 4.78 is 2.53. The van der Waals surface area contributed by atoms with Crippen molar-refractivity contribution in [1.29, 1.82) is 0 Å². The molecule has 0 N–H and O–H groups in total. The van der Waals surface area contributed by atoms with Crippen molar-refractivity contribution in [1.82, 2.24) is 9.97 Å². The van der Waals surface area contributed by atoms with Gasteiger partial charge in [-0.2, -0.15) is 0 Å². The number of hydrogen-bond donors (Lipinski definition) is 0. The van der Waals surface area contributed by atoms with Crippen LogP contribution >= 0.6 is 11.3 Å². The zero-order chi connectivity index (χ0) is 11.1. The van der Waals surface area contributed by atoms with Gasteiger partial charge in [-0.15, -0.1) is 11.3 Å². The zero-order valence-corrected chi connectivity index (χ0v) is 10.1. The first-order valence-electron chi connectivity index (χ1n) is 5.42. The molecule has 3 heteroatoms. The van der Waals surface area contributed by atoms with Crippen LogP contribution in [0.25, 0.3) is 20.3 Å². The summed E-state index contributed by atoms with van der Waals surface area (Å²) in [6, 6.07) is 6.63. The van der Waals surface area contributed by atoms with E-state index in [0.717, 1.165) is 17.6 Å². The molecule has 0 aliphatic heterocycles. The van der Waals surface area contributed by atoms with Gasteiger partial charge in [0.05, 0.1) is 15.9 Å². The molecule has 0 saturated carbocycles. The minimum atomic E-state index is 1.07. The molecule has 1 aromatic carbocycles. The van der Waals surface area contributed by atoms with E-state index in [4.69, 9.17) is 0 Å². The van der Waals surface area contributed by atoms with E-state index in [0.29, 0.717) is 0 Å². The third kappa shape index (κ3) is 1.32. The Morgan fingerprint density at radius 3 is 2.94 bits per heavy atom. The predicted octanol–water partition coefficient (Wildman–Crippen LogP) is 3.72. The number of benzene rings is 1. The molecule has 0 radical (unpaired) electrons. The standard InChI is InChI=1S/C13H12N2S/c1-3-9-4-5-10-11(6-9)16-13-8(2)14-7-15-12(10)13/h4-7H,3H2,1-2H3. The van der Waals surface area contributed by atoms with Crippen LogP contribution in [0.2, 0.25) is 0 Å². The van der Waals surface area contributed by atoms with Gasteiger partial charge in [-0.25, -0.2) is 9.97 Å². The van der Waals surface area contributed by atoms with Crippen LogP contribution in [0.4, 0.5) is 0 Å². The first kappa shape index (κ1) is 9.73. The minimum Gasteiger partial charge on any atom is -0.240 e. The number of rotatable bonds is 1. The summed E-state index contributed by atoms with van der Waals surface area (Å²) in [7, 11) is 0. The van der Waals surface area contributed by atoms with Gasteiger partial charge in [0.25, 0.3) is 0 Å². The number of thiophene rings is 1. The van der Waals surface area contributed by atoms with Gasteiger partial charge in [0.15, 0.2) is 0 Å². The SMILES string of the molecule is CCc1ccc2c(c1)sc1c(C)ncnc12. The van der Waals surface area contributed by atoms with Crippen LogP contribution in [0.5, 0.6) is 0 Å². The third-order valence-electron chi connectivity index (χ3n) is 2.90. The van der Waals surface area contributed by atoms with E-state index in [1.165, 1.54) is 20.3 Å². The Morgan fingerprint density at radius 2 is 2.12 bits per heavy atom. The molecule has 16 heavy (non-hydrogen) atoms. The monoisotopic (exact) mass is 228 g/mol. The maximum Gasteiger partial charge on any atom is 0.116 e. The lowest BCUT2D eigenvalue weighted by Gasteiger charge is -1.95. The molecule has 2 nitrogen and oxygen atoms in total. The quantitative estimate of drug-likeness (QED) is 0.634. The Morgan fingerprint density at radius 1 is 1.25 bits per heavy atom. The highest BCUT2D eigenvalue weighted by Crippen LogP contribution is 2.33. The molecule has 0 fully saturated rings. The van der Waals surface area contributed by atoms with Crippen molar-refractivity contribution in [2.45, 2.75) is 20.3 Å². The van der Waals surface area contributed by atoms with Gasteiger partial charge in [0.1, 0.15) is 6.33 Å². The lowest BCUT2D eigenvalue weighted by molar-refractivity contribution is 1.15. The molecule has 0 aliphatic rings. The zero-order valence-electron chi connectivity index (χ0n) is 9.32. The number of nitrogens with zero attached hydrogens (tertiary/aromatic N) is 2. The summed E-state index contributed by atoms with van der Waals surface area (Å²) in [5, 5.41) is 1.25. The Hall–Kier alpha value is -1.48. The number of aryl methyl sites for hydroxylation is 2. The highest BCUT2D eigenvalue weighted by molar-refractivity contribution is 7.25. The number of aromatic nitrogens is 2. The van der Waals surface area contributed by atoms with Gasteiger partial charge >= 0.3 is 0 Å². The third-order valence-corrected chi connectivity index (χ3v) is 4.15. The van der Waals surface area contributed by atoms with Crippen molar-refractivity contribution < 1.29 is 0 Å². The molecule has 0 aliphatic carbocycles. The molecule has 3 rings (SSSR count). The fourth-order valence-corrected chi connectivity index (χ4v) is 3.12. The van der Waals surface area contributed by atoms with E-state index >= 15 is 0 Å². The average molecular weight is 228 g/mol. The fourth-order valence-electron chi connectivity index (χ4n) is 1.95. The molecule has 0 bridgehead atoms. The topological polar surface area (TPSA) is 25.8 Å². The maximum atomic E-state index is 4.38. The second-order valence-electron chi connectivity index (χ2n) is 3.92. The normalized spacial score (nSPS) is 11.4. The average Bonchev–Trinajstić information content (AvgIpc) is 2.68. The van der Waals surface area contributed by atoms with Crippen molar-refractivity contribution in [2.75, 3.05) is 0 Å². The van der Waals surface area contributed by atoms with Crippen molar-refractivity contribution in [3.05, 3.63) is 35.8 Å². The largest absolute Gasteiger partial charge is 0.240 e. The van der Waals surface area contributed by atoms with Gasteiger partial charge in [-0.05, 0) is 25.0 Å². The summed E-state index contributed by atoms with van der Waals surface area (Å²) in [6.45, 7) is 4.22. The van der Waals surface area contributed by atoms with Crippen LogP contribution in [-0.2, 0) is 6.42 Å². The van der Waals surface area contributed by atoms with Crippen LogP contribution in [0.3, 0.4) is 0 Å². The van der Waals surface area contributed by atoms with E-state index in [-0.39, 0.29) is 0 Å². The van der Waals surface area contributed by atoms with Crippen LogP contribution in [0, 0.1) is 6.92 Å². The summed E-state index contributed by atoms with van der Waals surface area (Å²) in [5.41, 5.74) is 3.55. The van der Waals surface area contributed by atoms with E-state index in [1.807, 2.05) is 6.92 Å². The second kappa shape index (κ2) is 3.52. The van der Waals surface area contributed by atoms with Crippen LogP contribution in [0.1, 0.15) is 18.2 Å². The summed E-state index contributed by atoms with van der Waals surface area (Å²) in [6.07, 6.45) is 2.73. The van der Waals surface area contributed by atoms with Gasteiger partial charge < -0.3 is 0 Å². The molecule has 0 atom stereocenters. The van der Waals surface area contributed by atoms with E-state index in [9.17, 15) is 0 Å². The summed E-state index contributed by atoms with van der Waals surface area (Å²) in [4.78, 5) is 8.63. The summed E-state index contributed by atoms with van der Waals surface area (Å²) in [5.74, 6) is 0. The Labute approximate surface area is 98.0 Å². The maximum absolute atomic E-state index is 4.38. The van der Waals surface area contributed by atoms with Gasteiger partial charge in [0.2, 0.25) is 0 Å². The van der Waals surface area contributed by atoms with Crippen molar-refractivity contribution >= 4 is 31.6 Å². The molecule has 2 heterocycles. The van der Waals surface area contributed by atoms with Crippen molar-refractivity contribution in [3.63, 3.8) is 0 Å². The van der Waals surface area contributed by atoms with Gasteiger partial charge in [0, 0.05) is 10.1 Å². The molecule has 0 spiro atoms. The second-order valence-corrected chi connectivity index (χ2v) is 4.98.